The second-order valence-electron chi connectivity index (χ2n) is 4.84. The number of hydrogen-bond donors (Lipinski definition) is 1. The molecule has 0 spiro atoms. The van der Waals surface area contributed by atoms with Crippen molar-refractivity contribution in [3.8, 4) is 11.5 Å². The molecule has 0 fully saturated rings. The number of halogens is 1. The molecule has 3 nitrogen and oxygen atoms in total. The van der Waals surface area contributed by atoms with Gasteiger partial charge < -0.3 is 14.6 Å². The maximum absolute atomic E-state index is 10.3. The fourth-order valence-corrected chi connectivity index (χ4v) is 2.88. The van der Waals surface area contributed by atoms with Crippen molar-refractivity contribution in [2.24, 2.45) is 0 Å². The monoisotopic (exact) mass is 334 g/mol. The average Bonchev–Trinajstić information content (AvgIpc) is 2.46. The Balaban J connectivity index is 1.95. The van der Waals surface area contributed by atoms with Crippen LogP contribution in [0.25, 0.3) is 0 Å². The van der Waals surface area contributed by atoms with Gasteiger partial charge in [0.2, 0.25) is 0 Å². The first-order chi connectivity index (χ1) is 9.67. The van der Waals surface area contributed by atoms with E-state index in [0.717, 1.165) is 27.1 Å². The van der Waals surface area contributed by atoms with Crippen molar-refractivity contribution in [2.45, 2.75) is 18.6 Å². The zero-order chi connectivity index (χ0) is 14.1. The van der Waals surface area contributed by atoms with E-state index < -0.39 is 6.10 Å². The minimum Gasteiger partial charge on any atom is -0.497 e. The molecule has 2 atom stereocenters. The number of aliphatic hydroxyl groups excluding tert-OH is 1. The van der Waals surface area contributed by atoms with Crippen molar-refractivity contribution >= 4 is 15.9 Å². The lowest BCUT2D eigenvalue weighted by atomic mass is 9.95. The molecular weight excluding hydrogens is 320 g/mol. The Morgan fingerprint density at radius 1 is 1.25 bits per heavy atom. The summed E-state index contributed by atoms with van der Waals surface area (Å²) in [5.74, 6) is 1.53. The molecule has 0 radical (unpaired) electrons. The first-order valence-corrected chi connectivity index (χ1v) is 7.24. The highest BCUT2D eigenvalue weighted by molar-refractivity contribution is 9.10. The minimum absolute atomic E-state index is 0.355. The summed E-state index contributed by atoms with van der Waals surface area (Å²) < 4.78 is 12.2. The van der Waals surface area contributed by atoms with Gasteiger partial charge in [0.15, 0.2) is 0 Å². The Labute approximate surface area is 126 Å². The van der Waals surface area contributed by atoms with Crippen molar-refractivity contribution in [1.82, 2.24) is 0 Å². The molecule has 0 unspecified atom stereocenters. The normalized spacial score (nSPS) is 20.9. The van der Waals surface area contributed by atoms with Crippen LogP contribution in [0.1, 0.15) is 17.2 Å². The fraction of sp³-hybridized carbons (Fsp3) is 0.250. The number of fused-ring (bicyclic) bond motifs is 1. The molecule has 0 bridgehead atoms. The molecule has 1 aliphatic heterocycles. The summed E-state index contributed by atoms with van der Waals surface area (Å²) in [6, 6.07) is 13.5. The Hall–Kier alpha value is -1.52. The first kappa shape index (κ1) is 13.5. The van der Waals surface area contributed by atoms with Gasteiger partial charge >= 0.3 is 0 Å². The summed E-state index contributed by atoms with van der Waals surface area (Å²) >= 11 is 3.45. The van der Waals surface area contributed by atoms with Gasteiger partial charge in [-0.05, 0) is 29.3 Å². The number of rotatable bonds is 2. The fourth-order valence-electron chi connectivity index (χ4n) is 2.46. The molecule has 0 aromatic heterocycles. The SMILES string of the molecule is COc1ccc2c(c1)O[C@H](c1cccc(Br)c1)[C@@H](O)C2. The van der Waals surface area contributed by atoms with Crippen LogP contribution >= 0.6 is 15.9 Å². The largest absolute Gasteiger partial charge is 0.497 e. The van der Waals surface area contributed by atoms with Crippen LogP contribution in [0.4, 0.5) is 0 Å². The highest BCUT2D eigenvalue weighted by Gasteiger charge is 2.30. The third-order valence-corrected chi connectivity index (χ3v) is 3.98. The molecular formula is C16H15BrO3. The van der Waals surface area contributed by atoms with E-state index in [1.54, 1.807) is 7.11 Å². The lowest BCUT2D eigenvalue weighted by Crippen LogP contribution is -2.30. The highest BCUT2D eigenvalue weighted by Crippen LogP contribution is 2.37. The van der Waals surface area contributed by atoms with Crippen molar-refractivity contribution < 1.29 is 14.6 Å². The quantitative estimate of drug-likeness (QED) is 0.913. The Kier molecular flexibility index (Phi) is 3.68. The molecule has 0 aliphatic carbocycles. The highest BCUT2D eigenvalue weighted by atomic mass is 79.9. The Bertz CT molecular complexity index is 627. The van der Waals surface area contributed by atoms with Crippen LogP contribution in [0.15, 0.2) is 46.9 Å². The second-order valence-corrected chi connectivity index (χ2v) is 5.75. The summed E-state index contributed by atoms with van der Waals surface area (Å²) in [6.45, 7) is 0. The van der Waals surface area contributed by atoms with Gasteiger partial charge in [0.05, 0.1) is 13.2 Å². The number of hydrogen-bond acceptors (Lipinski definition) is 3. The van der Waals surface area contributed by atoms with Crippen LogP contribution in [0.2, 0.25) is 0 Å². The first-order valence-electron chi connectivity index (χ1n) is 6.44. The van der Waals surface area contributed by atoms with Gasteiger partial charge in [0.25, 0.3) is 0 Å². The van der Waals surface area contributed by atoms with Crippen molar-refractivity contribution in [3.05, 3.63) is 58.1 Å². The molecule has 0 amide bonds. The molecule has 1 N–H and O–H groups in total. The molecule has 104 valence electrons. The van der Waals surface area contributed by atoms with Gasteiger partial charge in [-0.1, -0.05) is 34.1 Å². The van der Waals surface area contributed by atoms with Gasteiger partial charge in [-0.25, -0.2) is 0 Å². The van der Waals surface area contributed by atoms with Crippen LogP contribution < -0.4 is 9.47 Å². The Morgan fingerprint density at radius 3 is 2.85 bits per heavy atom. The molecule has 2 aromatic carbocycles. The van der Waals surface area contributed by atoms with E-state index in [1.165, 1.54) is 0 Å². The minimum atomic E-state index is -0.551. The lowest BCUT2D eigenvalue weighted by Gasteiger charge is -2.31. The second kappa shape index (κ2) is 5.46. The van der Waals surface area contributed by atoms with Gasteiger partial charge in [-0.2, -0.15) is 0 Å². The van der Waals surface area contributed by atoms with Crippen LogP contribution in [0, 0.1) is 0 Å². The average molecular weight is 335 g/mol. The third-order valence-electron chi connectivity index (χ3n) is 3.48. The van der Waals surface area contributed by atoms with E-state index in [2.05, 4.69) is 15.9 Å². The topological polar surface area (TPSA) is 38.7 Å². The van der Waals surface area contributed by atoms with E-state index in [0.29, 0.717) is 6.42 Å². The van der Waals surface area contributed by atoms with Crippen molar-refractivity contribution in [3.63, 3.8) is 0 Å². The van der Waals surface area contributed by atoms with Gasteiger partial charge in [-0.3, -0.25) is 0 Å². The molecule has 1 aliphatic rings. The summed E-state index contributed by atoms with van der Waals surface area (Å²) in [5, 5.41) is 10.3. The maximum atomic E-state index is 10.3. The molecule has 0 saturated carbocycles. The van der Waals surface area contributed by atoms with Gasteiger partial charge in [0.1, 0.15) is 17.6 Å². The lowest BCUT2D eigenvalue weighted by molar-refractivity contribution is 0.0206. The smallest absolute Gasteiger partial charge is 0.150 e. The third kappa shape index (κ3) is 2.53. The summed E-state index contributed by atoms with van der Waals surface area (Å²) in [6.07, 6.45) is -0.325. The maximum Gasteiger partial charge on any atom is 0.150 e. The van der Waals surface area contributed by atoms with E-state index in [-0.39, 0.29) is 6.10 Å². The molecule has 2 aromatic rings. The number of ether oxygens (including phenoxy) is 2. The zero-order valence-corrected chi connectivity index (χ0v) is 12.6. The van der Waals surface area contributed by atoms with Crippen LogP contribution in [0.5, 0.6) is 11.5 Å². The molecule has 20 heavy (non-hydrogen) atoms. The number of aliphatic hydroxyl groups is 1. The molecule has 1 heterocycles. The van der Waals surface area contributed by atoms with Crippen molar-refractivity contribution in [2.75, 3.05) is 7.11 Å². The number of benzene rings is 2. The van der Waals surface area contributed by atoms with Crippen LogP contribution in [0.3, 0.4) is 0 Å². The summed E-state index contributed by atoms with van der Waals surface area (Å²) in [7, 11) is 1.63. The van der Waals surface area contributed by atoms with Gasteiger partial charge in [-0.15, -0.1) is 0 Å². The van der Waals surface area contributed by atoms with Crippen LogP contribution in [-0.2, 0) is 6.42 Å². The zero-order valence-electron chi connectivity index (χ0n) is 11.0. The van der Waals surface area contributed by atoms with Crippen molar-refractivity contribution in [1.29, 1.82) is 0 Å². The predicted molar refractivity (Wildman–Crippen MR) is 80.2 cm³/mol. The number of methoxy groups -OCH3 is 1. The van der Waals surface area contributed by atoms with Gasteiger partial charge in [0, 0.05) is 17.0 Å². The molecule has 4 heteroatoms. The standard InChI is InChI=1S/C16H15BrO3/c1-19-13-6-5-10-8-14(18)16(20-15(10)9-13)11-3-2-4-12(17)7-11/h2-7,9,14,16,18H,8H2,1H3/t14-,16+/m0/s1. The Morgan fingerprint density at radius 2 is 2.10 bits per heavy atom. The van der Waals surface area contributed by atoms with Crippen LogP contribution in [-0.4, -0.2) is 18.3 Å². The molecule has 0 saturated heterocycles. The van der Waals surface area contributed by atoms with E-state index >= 15 is 0 Å². The summed E-state index contributed by atoms with van der Waals surface area (Å²) in [4.78, 5) is 0. The van der Waals surface area contributed by atoms with E-state index in [1.807, 2.05) is 42.5 Å². The predicted octanol–water partition coefficient (Wildman–Crippen LogP) is 3.49. The molecule has 3 rings (SSSR count). The van der Waals surface area contributed by atoms with E-state index in [9.17, 15) is 5.11 Å². The van der Waals surface area contributed by atoms with E-state index in [4.69, 9.17) is 9.47 Å². The summed E-state index contributed by atoms with van der Waals surface area (Å²) in [5.41, 5.74) is 1.96.